The molecule has 0 aromatic carbocycles. The molecule has 23 heavy (non-hydrogen) atoms. The molecule has 2 unspecified atom stereocenters. The van der Waals surface area contributed by atoms with Crippen LogP contribution in [0.3, 0.4) is 0 Å². The zero-order valence-electron chi connectivity index (χ0n) is 12.5. The van der Waals surface area contributed by atoms with Crippen LogP contribution in [-0.4, -0.2) is 92.7 Å². The van der Waals surface area contributed by atoms with Gasteiger partial charge in [0.1, 0.15) is 0 Å². The highest BCUT2D eigenvalue weighted by Gasteiger charge is 2.48. The van der Waals surface area contributed by atoms with Crippen molar-refractivity contribution in [2.24, 2.45) is 5.92 Å². The van der Waals surface area contributed by atoms with Crippen LogP contribution in [0.5, 0.6) is 0 Å². The van der Waals surface area contributed by atoms with Crippen molar-refractivity contribution in [2.45, 2.75) is 43.2 Å². The first kappa shape index (κ1) is 19.7. The van der Waals surface area contributed by atoms with E-state index < -0.39 is 61.3 Å². The van der Waals surface area contributed by atoms with Crippen LogP contribution in [-0.2, 0) is 9.59 Å². The van der Waals surface area contributed by atoms with Crippen molar-refractivity contribution in [1.29, 1.82) is 0 Å². The van der Waals surface area contributed by atoms with E-state index in [2.05, 4.69) is 10.6 Å². The molecule has 1 aliphatic carbocycles. The zero-order chi connectivity index (χ0) is 17.6. The van der Waals surface area contributed by atoms with E-state index in [0.29, 0.717) is 6.42 Å². The Balaban J connectivity index is 2.90. The van der Waals surface area contributed by atoms with Crippen molar-refractivity contribution in [3.8, 4) is 0 Å². The van der Waals surface area contributed by atoms with Crippen molar-refractivity contribution >= 4 is 11.9 Å². The lowest BCUT2D eigenvalue weighted by Gasteiger charge is -2.46. The Morgan fingerprint density at radius 3 is 1.61 bits per heavy atom. The van der Waals surface area contributed by atoms with E-state index >= 15 is 0 Å². The molecular weight excluding hydrogens is 312 g/mol. The molecule has 0 spiro atoms. The summed E-state index contributed by atoms with van der Waals surface area (Å²) in [4.78, 5) is 21.3. The van der Waals surface area contributed by atoms with Crippen LogP contribution in [0.4, 0.5) is 0 Å². The van der Waals surface area contributed by atoms with Gasteiger partial charge in [-0.15, -0.1) is 0 Å². The van der Waals surface area contributed by atoms with Gasteiger partial charge in [-0.1, -0.05) is 0 Å². The average molecular weight is 336 g/mol. The number of hydrogen-bond acceptors (Lipinski definition) is 8. The topological polar surface area (TPSA) is 180 Å². The van der Waals surface area contributed by atoms with Gasteiger partial charge in [-0.05, 0) is 12.8 Å². The van der Waals surface area contributed by atoms with Crippen LogP contribution in [0, 0.1) is 5.92 Å². The van der Waals surface area contributed by atoms with Gasteiger partial charge >= 0.3 is 11.9 Å². The second-order valence-corrected chi connectivity index (χ2v) is 5.60. The Labute approximate surface area is 132 Å². The molecule has 1 rings (SSSR count). The summed E-state index contributed by atoms with van der Waals surface area (Å²) in [5, 5.41) is 62.2. The van der Waals surface area contributed by atoms with Crippen LogP contribution in [0.2, 0.25) is 0 Å². The number of nitrogens with one attached hydrogen (secondary N) is 2. The van der Waals surface area contributed by atoms with Gasteiger partial charge in [0.15, 0.2) is 0 Å². The summed E-state index contributed by atoms with van der Waals surface area (Å²) in [5.74, 6) is -3.11. The van der Waals surface area contributed by atoms with Gasteiger partial charge in [0.05, 0.1) is 43.5 Å². The molecule has 0 amide bonds. The number of carboxylic acid groups (broad SMARTS) is 2. The predicted molar refractivity (Wildman–Crippen MR) is 76.7 cm³/mol. The predicted octanol–water partition coefficient (Wildman–Crippen LogP) is -3.44. The number of carbonyl (C=O) groups is 2. The molecule has 0 aromatic rings. The van der Waals surface area contributed by atoms with Gasteiger partial charge in [-0.25, -0.2) is 0 Å². The van der Waals surface area contributed by atoms with E-state index in [0.717, 1.165) is 0 Å². The molecule has 10 heteroatoms. The highest BCUT2D eigenvalue weighted by atomic mass is 16.4. The van der Waals surface area contributed by atoms with Crippen LogP contribution in [0.25, 0.3) is 0 Å². The van der Waals surface area contributed by atoms with Crippen molar-refractivity contribution in [2.75, 3.05) is 19.7 Å². The summed E-state index contributed by atoms with van der Waals surface area (Å²) in [7, 11) is 0. The Kier molecular flexibility index (Phi) is 7.82. The van der Waals surface area contributed by atoms with E-state index in [1.54, 1.807) is 0 Å². The largest absolute Gasteiger partial charge is 0.480 e. The number of hydrogen-bond donors (Lipinski definition) is 8. The normalized spacial score (nSPS) is 34.3. The molecule has 0 saturated heterocycles. The Morgan fingerprint density at radius 1 is 0.826 bits per heavy atom. The second-order valence-electron chi connectivity index (χ2n) is 5.60. The molecular formula is C13H24N2O8. The molecule has 1 aliphatic rings. The van der Waals surface area contributed by atoms with Crippen molar-refractivity contribution in [3.63, 3.8) is 0 Å². The first-order chi connectivity index (χ1) is 10.8. The summed E-state index contributed by atoms with van der Waals surface area (Å²) in [6.45, 7) is -1.17. The summed E-state index contributed by atoms with van der Waals surface area (Å²) in [6.07, 6.45) is -3.33. The fourth-order valence-corrected chi connectivity index (χ4v) is 2.92. The molecule has 0 heterocycles. The standard InChI is InChI=1S/C13H24N2O8/c16-3-1-2-6-11(21)9(14-4-7(17)18)13(23)10(12(6)22)15-5-8(19)20/h6,9-16,21-23H,1-5H2,(H,17,18)(H,19,20)/t6?,9-,10+,11-,12+,13?. The third-order valence-electron chi connectivity index (χ3n) is 4.02. The Morgan fingerprint density at radius 2 is 1.26 bits per heavy atom. The van der Waals surface area contributed by atoms with Crippen molar-refractivity contribution < 1.29 is 40.2 Å². The van der Waals surface area contributed by atoms with Crippen molar-refractivity contribution in [3.05, 3.63) is 0 Å². The van der Waals surface area contributed by atoms with E-state index in [1.165, 1.54) is 0 Å². The third-order valence-corrected chi connectivity index (χ3v) is 4.02. The van der Waals surface area contributed by atoms with Gasteiger partial charge in [-0.3, -0.25) is 20.2 Å². The molecule has 0 aliphatic heterocycles. The molecule has 0 aromatic heterocycles. The van der Waals surface area contributed by atoms with Crippen LogP contribution in [0.15, 0.2) is 0 Å². The van der Waals surface area contributed by atoms with E-state index in [9.17, 15) is 24.9 Å². The highest BCUT2D eigenvalue weighted by Crippen LogP contribution is 2.30. The maximum Gasteiger partial charge on any atom is 0.317 e. The molecule has 8 N–H and O–H groups in total. The lowest BCUT2D eigenvalue weighted by Crippen LogP contribution is -2.69. The van der Waals surface area contributed by atoms with Crippen LogP contribution < -0.4 is 10.6 Å². The van der Waals surface area contributed by atoms with Gasteiger partial charge in [0.2, 0.25) is 0 Å². The minimum absolute atomic E-state index is 0.154. The number of aliphatic hydroxyl groups is 4. The number of aliphatic carboxylic acids is 2. The van der Waals surface area contributed by atoms with E-state index in [1.807, 2.05) is 0 Å². The van der Waals surface area contributed by atoms with Gasteiger partial charge < -0.3 is 30.6 Å². The molecule has 10 nitrogen and oxygen atoms in total. The maximum absolute atomic E-state index is 10.7. The maximum atomic E-state index is 10.7. The number of aliphatic hydroxyl groups excluding tert-OH is 4. The van der Waals surface area contributed by atoms with Crippen LogP contribution >= 0.6 is 0 Å². The van der Waals surface area contributed by atoms with Gasteiger partial charge in [0, 0.05) is 12.5 Å². The fraction of sp³-hybridized carbons (Fsp3) is 0.846. The first-order valence-corrected chi connectivity index (χ1v) is 7.35. The monoisotopic (exact) mass is 336 g/mol. The molecule has 1 saturated carbocycles. The van der Waals surface area contributed by atoms with E-state index in [4.69, 9.17) is 15.3 Å². The van der Waals surface area contributed by atoms with Gasteiger partial charge in [0.25, 0.3) is 0 Å². The average Bonchev–Trinajstić information content (AvgIpc) is 2.46. The lowest BCUT2D eigenvalue weighted by molar-refractivity contribution is -0.140. The van der Waals surface area contributed by atoms with Gasteiger partial charge in [-0.2, -0.15) is 0 Å². The number of carboxylic acids is 2. The SMILES string of the molecule is O=C(O)CN[C@@H]1C(O)[C@H](NCC(=O)O)[C@H](O)C(CCCO)[C@@H]1O. The molecule has 134 valence electrons. The third kappa shape index (κ3) is 5.37. The molecule has 0 radical (unpaired) electrons. The molecule has 0 bridgehead atoms. The summed E-state index contributed by atoms with van der Waals surface area (Å²) >= 11 is 0. The molecule has 1 fully saturated rings. The molecule has 6 atom stereocenters. The number of rotatable bonds is 9. The van der Waals surface area contributed by atoms with Crippen molar-refractivity contribution in [1.82, 2.24) is 10.6 Å². The highest BCUT2D eigenvalue weighted by molar-refractivity contribution is 5.69. The Bertz CT molecular complexity index is 375. The summed E-state index contributed by atoms with van der Waals surface area (Å²) in [6, 6.07) is -2.10. The Hall–Kier alpha value is -1.30. The van der Waals surface area contributed by atoms with Crippen LogP contribution in [0.1, 0.15) is 12.8 Å². The smallest absolute Gasteiger partial charge is 0.317 e. The summed E-state index contributed by atoms with van der Waals surface area (Å²) in [5.41, 5.74) is 0. The zero-order valence-corrected chi connectivity index (χ0v) is 12.5. The quantitative estimate of drug-likeness (QED) is 0.211. The lowest BCUT2D eigenvalue weighted by atomic mass is 9.73. The summed E-state index contributed by atoms with van der Waals surface area (Å²) < 4.78 is 0. The fourth-order valence-electron chi connectivity index (χ4n) is 2.92. The second kappa shape index (κ2) is 9.11. The first-order valence-electron chi connectivity index (χ1n) is 7.35. The van der Waals surface area contributed by atoms with E-state index in [-0.39, 0.29) is 13.0 Å². The minimum Gasteiger partial charge on any atom is -0.480 e. The minimum atomic E-state index is -1.39.